The standard InChI is InChI=1S/C4H11N.C3H8O.3C3H8/c1-4-5(2)3;1-3-4-2;3*1-3-2/h4H2,1-3H3;3H2,1-2H3;3*3H2,1-2H3. The van der Waals surface area contributed by atoms with Gasteiger partial charge < -0.3 is 9.64 Å². The molecule has 0 bridgehead atoms. The van der Waals surface area contributed by atoms with E-state index in [-0.39, 0.29) is 0 Å². The molecule has 0 aromatic carbocycles. The molecule has 0 aromatic heterocycles. The normalized spacial score (nSPS) is 7.33. The zero-order valence-corrected chi connectivity index (χ0v) is 15.4. The Morgan fingerprint density at radius 1 is 0.667 bits per heavy atom. The molecule has 0 heterocycles. The van der Waals surface area contributed by atoms with Gasteiger partial charge >= 0.3 is 0 Å². The van der Waals surface area contributed by atoms with Crippen LogP contribution in [0.1, 0.15) is 74.7 Å². The highest BCUT2D eigenvalue weighted by molar-refractivity contribution is 4.25. The summed E-state index contributed by atoms with van der Waals surface area (Å²) in [5.41, 5.74) is 0. The van der Waals surface area contributed by atoms with Crippen molar-refractivity contribution in [2.24, 2.45) is 0 Å². The van der Waals surface area contributed by atoms with Gasteiger partial charge in [0, 0.05) is 13.7 Å². The molecule has 0 N–H and O–H groups in total. The van der Waals surface area contributed by atoms with Crippen LogP contribution in [-0.4, -0.2) is 39.3 Å². The molecular formula is C16H43NO. The third-order valence-corrected chi connectivity index (χ3v) is 0.921. The van der Waals surface area contributed by atoms with E-state index < -0.39 is 0 Å². The van der Waals surface area contributed by atoms with Crippen LogP contribution in [0.2, 0.25) is 0 Å². The van der Waals surface area contributed by atoms with Crippen molar-refractivity contribution in [2.45, 2.75) is 74.7 Å². The number of hydrogen-bond acceptors (Lipinski definition) is 2. The van der Waals surface area contributed by atoms with E-state index in [2.05, 4.69) is 72.2 Å². The fraction of sp³-hybridized carbons (Fsp3) is 1.00. The summed E-state index contributed by atoms with van der Waals surface area (Å²) in [6.07, 6.45) is 3.75. The van der Waals surface area contributed by atoms with Crippen LogP contribution in [0.5, 0.6) is 0 Å². The lowest BCUT2D eigenvalue weighted by atomic mass is 10.6. The molecule has 2 heteroatoms. The lowest BCUT2D eigenvalue weighted by Gasteiger charge is -2.00. The second-order valence-corrected chi connectivity index (χ2v) is 4.09. The minimum Gasteiger partial charge on any atom is -0.385 e. The maximum atomic E-state index is 4.54. The van der Waals surface area contributed by atoms with E-state index in [0.717, 1.165) is 13.2 Å². The Labute approximate surface area is 119 Å². The third-order valence-electron chi connectivity index (χ3n) is 0.921. The van der Waals surface area contributed by atoms with Crippen molar-refractivity contribution in [2.75, 3.05) is 34.4 Å². The van der Waals surface area contributed by atoms with E-state index in [1.165, 1.54) is 19.3 Å². The molecule has 0 aromatic rings. The van der Waals surface area contributed by atoms with Crippen LogP contribution in [0, 0.1) is 0 Å². The molecule has 0 amide bonds. The van der Waals surface area contributed by atoms with Crippen molar-refractivity contribution in [3.05, 3.63) is 0 Å². The number of hydrogen-bond donors (Lipinski definition) is 0. The Kier molecular flexibility index (Phi) is 92.0. The maximum absolute atomic E-state index is 4.54. The Morgan fingerprint density at radius 2 is 0.778 bits per heavy atom. The van der Waals surface area contributed by atoms with E-state index in [9.17, 15) is 0 Å². The smallest absolute Gasteiger partial charge is 0.0433 e. The molecule has 18 heavy (non-hydrogen) atoms. The molecule has 0 rings (SSSR count). The first-order valence-electron chi connectivity index (χ1n) is 7.56. The second kappa shape index (κ2) is 53.9. The summed E-state index contributed by atoms with van der Waals surface area (Å²) in [6, 6.07) is 0. The van der Waals surface area contributed by atoms with Gasteiger partial charge in [0.15, 0.2) is 0 Å². The SMILES string of the molecule is CCC.CCC.CCC.CCN(C)C.CCOC. The summed E-state index contributed by atoms with van der Waals surface area (Å²) in [5, 5.41) is 0. The van der Waals surface area contributed by atoms with Gasteiger partial charge in [-0.2, -0.15) is 0 Å². The Hall–Kier alpha value is -0.0800. The Balaban J connectivity index is -0.0000000400. The largest absolute Gasteiger partial charge is 0.385 e. The molecule has 0 saturated carbocycles. The lowest BCUT2D eigenvalue weighted by molar-refractivity contribution is 0.215. The minimum atomic E-state index is 0.819. The van der Waals surface area contributed by atoms with Gasteiger partial charge in [-0.15, -0.1) is 0 Å². The third kappa shape index (κ3) is 416. The van der Waals surface area contributed by atoms with E-state index in [1.54, 1.807) is 7.11 Å². The Bertz CT molecular complexity index is 59.4. The first-order chi connectivity index (χ1) is 8.43. The summed E-state index contributed by atoms with van der Waals surface area (Å²) >= 11 is 0. The molecule has 0 fully saturated rings. The fourth-order valence-electron chi connectivity index (χ4n) is 0. The van der Waals surface area contributed by atoms with Crippen molar-refractivity contribution in [1.82, 2.24) is 4.90 Å². The monoisotopic (exact) mass is 265 g/mol. The van der Waals surface area contributed by atoms with E-state index >= 15 is 0 Å². The average Bonchev–Trinajstić information content (AvgIpc) is 2.32. The molecule has 0 radical (unpaired) electrons. The first kappa shape index (κ1) is 30.7. The molecule has 0 aliphatic carbocycles. The average molecular weight is 266 g/mol. The van der Waals surface area contributed by atoms with Crippen LogP contribution in [0.15, 0.2) is 0 Å². The Morgan fingerprint density at radius 3 is 0.778 bits per heavy atom. The molecule has 0 unspecified atom stereocenters. The summed E-state index contributed by atoms with van der Waals surface area (Å²) < 4.78 is 4.54. The van der Waals surface area contributed by atoms with Crippen molar-refractivity contribution >= 4 is 0 Å². The van der Waals surface area contributed by atoms with Gasteiger partial charge in [-0.3, -0.25) is 0 Å². The molecule has 0 spiro atoms. The number of nitrogens with zero attached hydrogens (tertiary/aromatic N) is 1. The van der Waals surface area contributed by atoms with Crippen molar-refractivity contribution < 1.29 is 4.74 Å². The van der Waals surface area contributed by atoms with Gasteiger partial charge in [0.25, 0.3) is 0 Å². The lowest BCUT2D eigenvalue weighted by Crippen LogP contribution is -2.08. The topological polar surface area (TPSA) is 12.5 Å². The highest BCUT2D eigenvalue weighted by Gasteiger charge is 1.72. The zero-order valence-electron chi connectivity index (χ0n) is 15.4. The fourth-order valence-corrected chi connectivity index (χ4v) is 0. The first-order valence-corrected chi connectivity index (χ1v) is 7.56. The molecule has 0 saturated heterocycles. The van der Waals surface area contributed by atoms with E-state index in [1.807, 2.05) is 6.92 Å². The predicted molar refractivity (Wildman–Crippen MR) is 89.7 cm³/mol. The zero-order chi connectivity index (χ0) is 15.8. The quantitative estimate of drug-likeness (QED) is 0.656. The summed E-state index contributed by atoms with van der Waals surface area (Å²) in [5.74, 6) is 0. The molecular weight excluding hydrogens is 222 g/mol. The predicted octanol–water partition coefficient (Wildman–Crippen LogP) is 5.47. The van der Waals surface area contributed by atoms with Gasteiger partial charge in [-0.05, 0) is 27.6 Å². The number of ether oxygens (including phenoxy) is 1. The van der Waals surface area contributed by atoms with Crippen molar-refractivity contribution in [1.29, 1.82) is 0 Å². The van der Waals surface area contributed by atoms with Crippen LogP contribution >= 0.6 is 0 Å². The summed E-state index contributed by atoms with van der Waals surface area (Å²) in [6.45, 7) is 18.8. The van der Waals surface area contributed by atoms with Crippen LogP contribution in [0.25, 0.3) is 0 Å². The van der Waals surface area contributed by atoms with Gasteiger partial charge in [0.05, 0.1) is 0 Å². The molecule has 2 nitrogen and oxygen atoms in total. The number of rotatable bonds is 2. The van der Waals surface area contributed by atoms with Crippen LogP contribution in [-0.2, 0) is 4.74 Å². The summed E-state index contributed by atoms with van der Waals surface area (Å²) in [7, 11) is 5.79. The van der Waals surface area contributed by atoms with Crippen LogP contribution < -0.4 is 0 Å². The summed E-state index contributed by atoms with van der Waals surface area (Å²) in [4.78, 5) is 2.12. The molecule has 0 atom stereocenters. The highest BCUT2D eigenvalue weighted by Crippen LogP contribution is 1.63. The van der Waals surface area contributed by atoms with Crippen LogP contribution in [0.3, 0.4) is 0 Å². The maximum Gasteiger partial charge on any atom is 0.0433 e. The van der Waals surface area contributed by atoms with Crippen molar-refractivity contribution in [3.8, 4) is 0 Å². The van der Waals surface area contributed by atoms with Gasteiger partial charge in [0.1, 0.15) is 0 Å². The number of methoxy groups -OCH3 is 1. The minimum absolute atomic E-state index is 0.819. The molecule has 118 valence electrons. The van der Waals surface area contributed by atoms with Crippen LogP contribution in [0.4, 0.5) is 0 Å². The highest BCUT2D eigenvalue weighted by atomic mass is 16.5. The molecule has 0 aliphatic rings. The van der Waals surface area contributed by atoms with E-state index in [4.69, 9.17) is 0 Å². The van der Waals surface area contributed by atoms with Crippen molar-refractivity contribution in [3.63, 3.8) is 0 Å². The van der Waals surface area contributed by atoms with E-state index in [0.29, 0.717) is 0 Å². The van der Waals surface area contributed by atoms with Gasteiger partial charge in [-0.1, -0.05) is 67.7 Å². The molecule has 0 aliphatic heterocycles. The second-order valence-electron chi connectivity index (χ2n) is 4.09. The van der Waals surface area contributed by atoms with Gasteiger partial charge in [0.2, 0.25) is 0 Å². The van der Waals surface area contributed by atoms with Gasteiger partial charge in [-0.25, -0.2) is 0 Å².